The second kappa shape index (κ2) is 5.78. The molecule has 0 radical (unpaired) electrons. The Kier molecular flexibility index (Phi) is 4.26. The molecule has 0 unspecified atom stereocenters. The lowest BCUT2D eigenvalue weighted by molar-refractivity contribution is -0.139. The van der Waals surface area contributed by atoms with Crippen molar-refractivity contribution >= 4 is 16.0 Å². The van der Waals surface area contributed by atoms with Crippen molar-refractivity contribution in [3.8, 4) is 5.75 Å². The van der Waals surface area contributed by atoms with Gasteiger partial charge in [0.2, 0.25) is 10.0 Å². The van der Waals surface area contributed by atoms with E-state index in [2.05, 4.69) is 4.72 Å². The quantitative estimate of drug-likeness (QED) is 0.679. The molecule has 0 heterocycles. The molecule has 0 aliphatic heterocycles. The third-order valence-electron chi connectivity index (χ3n) is 2.93. The normalized spacial score (nSPS) is 22.1. The summed E-state index contributed by atoms with van der Waals surface area (Å²) >= 11 is 0. The largest absolute Gasteiger partial charge is 0.482 e. The number of carbonyl (C=O) groups is 1. The summed E-state index contributed by atoms with van der Waals surface area (Å²) in [5, 5.41) is 17.6. The molecule has 0 bridgehead atoms. The molecule has 3 N–H and O–H groups in total. The van der Waals surface area contributed by atoms with E-state index >= 15 is 0 Å². The molecule has 1 fully saturated rings. The van der Waals surface area contributed by atoms with Crippen molar-refractivity contribution in [2.24, 2.45) is 0 Å². The van der Waals surface area contributed by atoms with Crippen LogP contribution in [0.1, 0.15) is 12.8 Å². The van der Waals surface area contributed by atoms with Gasteiger partial charge in [-0.05, 0) is 37.1 Å². The zero-order valence-electron chi connectivity index (χ0n) is 10.5. The first-order valence-corrected chi connectivity index (χ1v) is 7.50. The summed E-state index contributed by atoms with van der Waals surface area (Å²) in [4.78, 5) is 10.4. The summed E-state index contributed by atoms with van der Waals surface area (Å²) in [6.45, 7) is -0.482. The molecule has 1 aromatic rings. The number of carboxylic acids is 1. The van der Waals surface area contributed by atoms with Crippen molar-refractivity contribution in [2.75, 3.05) is 6.61 Å². The molecule has 1 aliphatic rings. The van der Waals surface area contributed by atoms with Crippen LogP contribution in [-0.4, -0.2) is 43.4 Å². The fourth-order valence-corrected chi connectivity index (χ4v) is 3.09. The van der Waals surface area contributed by atoms with Crippen LogP contribution in [0.15, 0.2) is 29.2 Å². The highest BCUT2D eigenvalue weighted by atomic mass is 32.2. The van der Waals surface area contributed by atoms with Gasteiger partial charge in [0.15, 0.2) is 6.61 Å². The van der Waals surface area contributed by atoms with Gasteiger partial charge in [-0.2, -0.15) is 0 Å². The Morgan fingerprint density at radius 1 is 1.30 bits per heavy atom. The minimum Gasteiger partial charge on any atom is -0.482 e. The molecule has 2 rings (SSSR count). The number of nitrogens with one attached hydrogen (secondary N) is 1. The molecule has 1 aromatic carbocycles. The standard InChI is InChI=1S/C12H15NO6S/c14-9-5-8(6-9)13-20(17,18)11-3-1-10(2-4-11)19-7-12(15)16/h1-4,8-9,13-14H,5-7H2,(H,15,16). The van der Waals surface area contributed by atoms with E-state index in [1.807, 2.05) is 0 Å². The van der Waals surface area contributed by atoms with Crippen molar-refractivity contribution in [3.63, 3.8) is 0 Å². The van der Waals surface area contributed by atoms with Crippen molar-refractivity contribution in [3.05, 3.63) is 24.3 Å². The highest BCUT2D eigenvalue weighted by Crippen LogP contribution is 2.22. The second-order valence-corrected chi connectivity index (χ2v) is 6.31. The van der Waals surface area contributed by atoms with E-state index in [4.69, 9.17) is 14.9 Å². The third kappa shape index (κ3) is 3.69. The van der Waals surface area contributed by atoms with Gasteiger partial charge in [0, 0.05) is 6.04 Å². The third-order valence-corrected chi connectivity index (χ3v) is 4.47. The van der Waals surface area contributed by atoms with E-state index in [1.165, 1.54) is 24.3 Å². The minimum atomic E-state index is -3.62. The summed E-state index contributed by atoms with van der Waals surface area (Å²) in [7, 11) is -3.62. The first kappa shape index (κ1) is 14.8. The van der Waals surface area contributed by atoms with Gasteiger partial charge in [0.05, 0.1) is 11.0 Å². The summed E-state index contributed by atoms with van der Waals surface area (Å²) in [6, 6.07) is 5.24. The molecule has 20 heavy (non-hydrogen) atoms. The first-order chi connectivity index (χ1) is 9.37. The predicted molar refractivity (Wildman–Crippen MR) is 68.9 cm³/mol. The Hall–Kier alpha value is -1.64. The average Bonchev–Trinajstić information content (AvgIpc) is 2.35. The lowest BCUT2D eigenvalue weighted by Gasteiger charge is -2.31. The van der Waals surface area contributed by atoms with Crippen LogP contribution in [0.2, 0.25) is 0 Å². The van der Waals surface area contributed by atoms with E-state index in [9.17, 15) is 13.2 Å². The number of ether oxygens (including phenoxy) is 1. The fraction of sp³-hybridized carbons (Fsp3) is 0.417. The fourth-order valence-electron chi connectivity index (χ4n) is 1.83. The van der Waals surface area contributed by atoms with Gasteiger partial charge in [-0.25, -0.2) is 17.9 Å². The van der Waals surface area contributed by atoms with Crippen LogP contribution in [-0.2, 0) is 14.8 Å². The molecule has 0 atom stereocenters. The summed E-state index contributed by atoms with van der Waals surface area (Å²) in [5.74, 6) is -0.822. The maximum Gasteiger partial charge on any atom is 0.341 e. The number of sulfonamides is 1. The van der Waals surface area contributed by atoms with Crippen molar-refractivity contribution in [1.82, 2.24) is 4.72 Å². The highest BCUT2D eigenvalue weighted by Gasteiger charge is 2.31. The molecule has 0 saturated heterocycles. The number of aliphatic hydroxyl groups is 1. The number of benzene rings is 1. The van der Waals surface area contributed by atoms with Crippen molar-refractivity contribution in [2.45, 2.75) is 29.9 Å². The van der Waals surface area contributed by atoms with E-state index in [0.717, 1.165) is 0 Å². The van der Waals surface area contributed by atoms with E-state index in [1.54, 1.807) is 0 Å². The molecular weight excluding hydrogens is 286 g/mol. The monoisotopic (exact) mass is 301 g/mol. The van der Waals surface area contributed by atoms with Crippen LogP contribution >= 0.6 is 0 Å². The lowest BCUT2D eigenvalue weighted by Crippen LogP contribution is -2.46. The van der Waals surface area contributed by atoms with Crippen LogP contribution in [0.3, 0.4) is 0 Å². The Morgan fingerprint density at radius 2 is 1.90 bits per heavy atom. The van der Waals surface area contributed by atoms with Crippen LogP contribution < -0.4 is 9.46 Å². The number of rotatable bonds is 6. The molecule has 0 aromatic heterocycles. The second-order valence-electron chi connectivity index (χ2n) is 4.60. The van der Waals surface area contributed by atoms with E-state index in [0.29, 0.717) is 12.8 Å². The van der Waals surface area contributed by atoms with E-state index in [-0.39, 0.29) is 16.7 Å². The number of hydrogen-bond acceptors (Lipinski definition) is 5. The van der Waals surface area contributed by atoms with Gasteiger partial charge in [0.1, 0.15) is 5.75 Å². The van der Waals surface area contributed by atoms with Crippen LogP contribution in [0.25, 0.3) is 0 Å². The minimum absolute atomic E-state index is 0.0709. The van der Waals surface area contributed by atoms with Gasteiger partial charge in [-0.3, -0.25) is 0 Å². The number of carboxylic acid groups (broad SMARTS) is 1. The molecule has 110 valence electrons. The SMILES string of the molecule is O=C(O)COc1ccc(S(=O)(=O)NC2CC(O)C2)cc1. The maximum atomic E-state index is 12.0. The van der Waals surface area contributed by atoms with Crippen LogP contribution in [0.4, 0.5) is 0 Å². The lowest BCUT2D eigenvalue weighted by atomic mass is 9.91. The maximum absolute atomic E-state index is 12.0. The average molecular weight is 301 g/mol. The molecule has 1 aliphatic carbocycles. The number of aliphatic carboxylic acids is 1. The number of aliphatic hydroxyl groups excluding tert-OH is 1. The molecule has 0 amide bonds. The number of hydrogen-bond donors (Lipinski definition) is 3. The summed E-state index contributed by atoms with van der Waals surface area (Å²) in [5.41, 5.74) is 0. The van der Waals surface area contributed by atoms with Gasteiger partial charge in [-0.1, -0.05) is 0 Å². The van der Waals surface area contributed by atoms with Crippen LogP contribution in [0, 0.1) is 0 Å². The molecular formula is C12H15NO6S. The van der Waals surface area contributed by atoms with Gasteiger partial charge >= 0.3 is 5.97 Å². The summed E-state index contributed by atoms with van der Waals surface area (Å²) < 4.78 is 31.4. The Morgan fingerprint density at radius 3 is 2.40 bits per heavy atom. The molecule has 1 saturated carbocycles. The van der Waals surface area contributed by atoms with Gasteiger partial charge < -0.3 is 14.9 Å². The predicted octanol–water partition coefficient (Wildman–Crippen LogP) is -0.0484. The summed E-state index contributed by atoms with van der Waals surface area (Å²) in [6.07, 6.45) is 0.396. The Bertz CT molecular complexity index is 576. The molecule has 0 spiro atoms. The van der Waals surface area contributed by atoms with E-state index < -0.39 is 28.7 Å². The Labute approximate surface area is 116 Å². The zero-order chi connectivity index (χ0) is 14.8. The zero-order valence-corrected chi connectivity index (χ0v) is 11.3. The Balaban J connectivity index is 1.99. The topological polar surface area (TPSA) is 113 Å². The molecule has 7 nitrogen and oxygen atoms in total. The smallest absolute Gasteiger partial charge is 0.341 e. The van der Waals surface area contributed by atoms with Crippen LogP contribution in [0.5, 0.6) is 5.75 Å². The van der Waals surface area contributed by atoms with Gasteiger partial charge in [0.25, 0.3) is 0 Å². The van der Waals surface area contributed by atoms with Gasteiger partial charge in [-0.15, -0.1) is 0 Å². The molecule has 8 heteroatoms. The van der Waals surface area contributed by atoms with Crippen molar-refractivity contribution in [1.29, 1.82) is 0 Å². The van der Waals surface area contributed by atoms with Crippen molar-refractivity contribution < 1.29 is 28.2 Å². The highest BCUT2D eigenvalue weighted by molar-refractivity contribution is 7.89. The first-order valence-electron chi connectivity index (χ1n) is 6.02.